The largest absolute Gasteiger partial charge is 0.379 e. The molecule has 4 rings (SSSR count). The first-order valence-electron chi connectivity index (χ1n) is 10.2. The summed E-state index contributed by atoms with van der Waals surface area (Å²) in [7, 11) is 0. The molecule has 0 spiro atoms. The molecule has 2 saturated heterocycles. The molecular weight excluding hydrogens is 368 g/mol. The molecule has 0 saturated carbocycles. The van der Waals surface area contributed by atoms with Gasteiger partial charge in [0.1, 0.15) is 18.0 Å². The number of hydrogen-bond donors (Lipinski definition) is 2. The SMILES string of the molecule is CC(=O)Nc1ccc(Nc2cc(N3CCC(N4CCOCC4)CC3)ncn2)cc1. The molecule has 0 bridgehead atoms. The zero-order valence-corrected chi connectivity index (χ0v) is 16.8. The van der Waals surface area contributed by atoms with E-state index in [1.54, 1.807) is 6.33 Å². The van der Waals surface area contributed by atoms with Crippen LogP contribution in [0.4, 0.5) is 23.0 Å². The molecule has 0 unspecified atom stereocenters. The molecule has 1 amide bonds. The van der Waals surface area contributed by atoms with Crippen LogP contribution < -0.4 is 15.5 Å². The first kappa shape index (κ1) is 19.6. The highest BCUT2D eigenvalue weighted by atomic mass is 16.5. The number of piperidine rings is 1. The number of nitrogens with one attached hydrogen (secondary N) is 2. The minimum absolute atomic E-state index is 0.0801. The van der Waals surface area contributed by atoms with Crippen molar-refractivity contribution in [1.29, 1.82) is 0 Å². The van der Waals surface area contributed by atoms with Gasteiger partial charge in [-0.1, -0.05) is 0 Å². The van der Waals surface area contributed by atoms with Gasteiger partial charge in [0.25, 0.3) is 0 Å². The van der Waals surface area contributed by atoms with Gasteiger partial charge < -0.3 is 20.3 Å². The van der Waals surface area contributed by atoms with Gasteiger partial charge >= 0.3 is 0 Å². The summed E-state index contributed by atoms with van der Waals surface area (Å²) in [6, 6.07) is 10.2. The van der Waals surface area contributed by atoms with E-state index in [1.807, 2.05) is 30.3 Å². The fraction of sp³-hybridized carbons (Fsp3) is 0.476. The van der Waals surface area contributed by atoms with E-state index >= 15 is 0 Å². The highest BCUT2D eigenvalue weighted by Gasteiger charge is 2.26. The number of carbonyl (C=O) groups excluding carboxylic acids is 1. The Bertz CT molecular complexity index is 814. The predicted octanol–water partition coefficient (Wildman–Crippen LogP) is 2.48. The summed E-state index contributed by atoms with van der Waals surface area (Å²) in [5, 5.41) is 6.08. The van der Waals surface area contributed by atoms with E-state index in [1.165, 1.54) is 6.92 Å². The van der Waals surface area contributed by atoms with E-state index < -0.39 is 0 Å². The van der Waals surface area contributed by atoms with Crippen molar-refractivity contribution >= 4 is 28.9 Å². The van der Waals surface area contributed by atoms with E-state index in [4.69, 9.17) is 4.74 Å². The normalized spacial score (nSPS) is 18.4. The van der Waals surface area contributed by atoms with E-state index in [2.05, 4.69) is 30.4 Å². The summed E-state index contributed by atoms with van der Waals surface area (Å²) in [6.07, 6.45) is 3.91. The fourth-order valence-corrected chi connectivity index (χ4v) is 3.98. The van der Waals surface area contributed by atoms with Crippen LogP contribution in [0.15, 0.2) is 36.7 Å². The number of morpholine rings is 1. The van der Waals surface area contributed by atoms with Crippen LogP contribution in [0.25, 0.3) is 0 Å². The minimum Gasteiger partial charge on any atom is -0.379 e. The first-order chi connectivity index (χ1) is 14.2. The molecule has 0 atom stereocenters. The van der Waals surface area contributed by atoms with Crippen molar-refractivity contribution < 1.29 is 9.53 Å². The highest BCUT2D eigenvalue weighted by molar-refractivity contribution is 5.88. The van der Waals surface area contributed by atoms with Gasteiger partial charge in [-0.25, -0.2) is 9.97 Å². The van der Waals surface area contributed by atoms with Crippen LogP contribution in [0.1, 0.15) is 19.8 Å². The predicted molar refractivity (Wildman–Crippen MR) is 114 cm³/mol. The Morgan fingerprint density at radius 1 is 1.03 bits per heavy atom. The van der Waals surface area contributed by atoms with E-state index in [0.29, 0.717) is 6.04 Å². The molecule has 1 aromatic heterocycles. The molecule has 3 heterocycles. The molecule has 154 valence electrons. The lowest BCUT2D eigenvalue weighted by Gasteiger charge is -2.40. The Morgan fingerprint density at radius 2 is 1.72 bits per heavy atom. The summed E-state index contributed by atoms with van der Waals surface area (Å²) >= 11 is 0. The first-order valence-corrected chi connectivity index (χ1v) is 10.2. The third kappa shape index (κ3) is 5.21. The molecule has 2 N–H and O–H groups in total. The Hall–Kier alpha value is -2.71. The number of rotatable bonds is 5. The van der Waals surface area contributed by atoms with Gasteiger partial charge in [-0.2, -0.15) is 0 Å². The van der Waals surface area contributed by atoms with Crippen LogP contribution in [-0.2, 0) is 9.53 Å². The van der Waals surface area contributed by atoms with Crippen LogP contribution in [0, 0.1) is 0 Å². The van der Waals surface area contributed by atoms with Crippen molar-refractivity contribution in [2.45, 2.75) is 25.8 Å². The lowest BCUT2D eigenvalue weighted by Crippen LogP contribution is -2.49. The van der Waals surface area contributed by atoms with Gasteiger partial charge in [-0.3, -0.25) is 9.69 Å². The van der Waals surface area contributed by atoms with Gasteiger partial charge in [0.2, 0.25) is 5.91 Å². The van der Waals surface area contributed by atoms with Crippen molar-refractivity contribution in [3.05, 3.63) is 36.7 Å². The summed E-state index contributed by atoms with van der Waals surface area (Å²) < 4.78 is 5.47. The molecule has 2 aliphatic heterocycles. The lowest BCUT2D eigenvalue weighted by molar-refractivity contribution is -0.114. The van der Waals surface area contributed by atoms with Crippen molar-refractivity contribution in [1.82, 2.24) is 14.9 Å². The molecular formula is C21H28N6O2. The molecule has 2 aromatic rings. The standard InChI is InChI=1S/C21H28N6O2/c1-16(28)24-17-2-4-18(5-3-17)25-20-14-21(23-15-22-20)27-8-6-19(7-9-27)26-10-12-29-13-11-26/h2-5,14-15,19H,6-13H2,1H3,(H,24,28)(H,22,23,25). The second kappa shape index (κ2) is 9.19. The maximum Gasteiger partial charge on any atom is 0.221 e. The molecule has 2 aliphatic rings. The smallest absolute Gasteiger partial charge is 0.221 e. The Balaban J connectivity index is 1.34. The lowest BCUT2D eigenvalue weighted by atomic mass is 10.0. The van der Waals surface area contributed by atoms with Crippen LogP contribution in [0.3, 0.4) is 0 Å². The van der Waals surface area contributed by atoms with Gasteiger partial charge in [0.05, 0.1) is 13.2 Å². The number of hydrogen-bond acceptors (Lipinski definition) is 7. The van der Waals surface area contributed by atoms with Crippen molar-refractivity contribution in [3.63, 3.8) is 0 Å². The number of benzene rings is 1. The summed E-state index contributed by atoms with van der Waals surface area (Å²) in [4.78, 5) is 24.9. The quantitative estimate of drug-likeness (QED) is 0.803. The molecule has 1 aromatic carbocycles. The second-order valence-corrected chi connectivity index (χ2v) is 7.51. The topological polar surface area (TPSA) is 82.6 Å². The Morgan fingerprint density at radius 3 is 2.41 bits per heavy atom. The Kier molecular flexibility index (Phi) is 6.21. The van der Waals surface area contributed by atoms with Gasteiger partial charge in [-0.15, -0.1) is 0 Å². The summed E-state index contributed by atoms with van der Waals surface area (Å²) in [6.45, 7) is 7.31. The average Bonchev–Trinajstić information content (AvgIpc) is 2.76. The zero-order chi connectivity index (χ0) is 20.1. The van der Waals surface area contributed by atoms with Crippen molar-refractivity contribution in [2.24, 2.45) is 0 Å². The molecule has 29 heavy (non-hydrogen) atoms. The third-order valence-corrected chi connectivity index (χ3v) is 5.48. The third-order valence-electron chi connectivity index (χ3n) is 5.48. The number of aromatic nitrogens is 2. The average molecular weight is 396 g/mol. The monoisotopic (exact) mass is 396 g/mol. The second-order valence-electron chi connectivity index (χ2n) is 7.51. The van der Waals surface area contributed by atoms with Crippen LogP contribution in [0.5, 0.6) is 0 Å². The maximum atomic E-state index is 11.1. The molecule has 2 fully saturated rings. The van der Waals surface area contributed by atoms with Gasteiger partial charge in [0.15, 0.2) is 0 Å². The molecule has 0 radical (unpaired) electrons. The van der Waals surface area contributed by atoms with Crippen molar-refractivity contribution in [2.75, 3.05) is 54.9 Å². The van der Waals surface area contributed by atoms with E-state index in [0.717, 1.165) is 75.2 Å². The molecule has 8 nitrogen and oxygen atoms in total. The number of nitrogens with zero attached hydrogens (tertiary/aromatic N) is 4. The van der Waals surface area contributed by atoms with Crippen LogP contribution in [-0.4, -0.2) is 66.2 Å². The highest BCUT2D eigenvalue weighted by Crippen LogP contribution is 2.24. The maximum absolute atomic E-state index is 11.1. The number of amides is 1. The van der Waals surface area contributed by atoms with Gasteiger partial charge in [0, 0.05) is 56.6 Å². The van der Waals surface area contributed by atoms with Gasteiger partial charge in [-0.05, 0) is 37.1 Å². The minimum atomic E-state index is -0.0801. The number of carbonyl (C=O) groups is 1. The number of anilines is 4. The Labute approximate surface area is 171 Å². The van der Waals surface area contributed by atoms with Crippen LogP contribution >= 0.6 is 0 Å². The summed E-state index contributed by atoms with van der Waals surface area (Å²) in [5.74, 6) is 1.64. The molecule has 8 heteroatoms. The van der Waals surface area contributed by atoms with Crippen molar-refractivity contribution in [3.8, 4) is 0 Å². The molecule has 0 aliphatic carbocycles. The van der Waals surface area contributed by atoms with Crippen LogP contribution in [0.2, 0.25) is 0 Å². The fourth-order valence-electron chi connectivity index (χ4n) is 3.98. The number of ether oxygens (including phenoxy) is 1. The zero-order valence-electron chi connectivity index (χ0n) is 16.8. The van der Waals surface area contributed by atoms with E-state index in [-0.39, 0.29) is 5.91 Å². The van der Waals surface area contributed by atoms with E-state index in [9.17, 15) is 4.79 Å². The summed E-state index contributed by atoms with van der Waals surface area (Å²) in [5.41, 5.74) is 1.68.